The van der Waals surface area contributed by atoms with Crippen molar-refractivity contribution in [3.8, 4) is 17.2 Å². The van der Waals surface area contributed by atoms with E-state index in [-0.39, 0.29) is 4.90 Å². The molecule has 0 radical (unpaired) electrons. The van der Waals surface area contributed by atoms with E-state index < -0.39 is 22.0 Å². The van der Waals surface area contributed by atoms with Crippen molar-refractivity contribution in [3.63, 3.8) is 0 Å². The highest BCUT2D eigenvalue weighted by atomic mass is 35.5. The molecule has 0 unspecified atom stereocenters. The average molecular weight is 461 g/mol. The Bertz CT molecular complexity index is 1150. The van der Waals surface area contributed by atoms with Crippen LogP contribution in [0, 0.1) is 0 Å². The molecule has 0 saturated carbocycles. The van der Waals surface area contributed by atoms with Gasteiger partial charge in [0.15, 0.2) is 11.5 Å². The number of carbonyl (C=O) groups is 1. The van der Waals surface area contributed by atoms with Gasteiger partial charge in [0.2, 0.25) is 15.9 Å². The molecule has 0 aliphatic rings. The minimum atomic E-state index is -3.86. The highest BCUT2D eigenvalue weighted by Crippen LogP contribution is 2.31. The fourth-order valence-electron chi connectivity index (χ4n) is 2.65. The molecule has 0 aliphatic heterocycles. The Morgan fingerprint density at radius 2 is 1.55 bits per heavy atom. The maximum Gasteiger partial charge on any atom is 0.242 e. The summed E-state index contributed by atoms with van der Waals surface area (Å²) in [5.41, 5.74) is 0.495. The van der Waals surface area contributed by atoms with E-state index in [1.54, 1.807) is 43.5 Å². The van der Waals surface area contributed by atoms with Crippen LogP contribution in [0.3, 0.4) is 0 Å². The zero-order valence-electron chi connectivity index (χ0n) is 16.8. The van der Waals surface area contributed by atoms with Gasteiger partial charge >= 0.3 is 0 Å². The SMILES string of the molecule is COc1ccccc1Oc1ccc(NC(=O)[C@@H](C)NS(=O)(=O)c2ccc(Cl)cc2)cc1. The third-order valence-corrected chi connectivity index (χ3v) is 6.08. The molecular weight excluding hydrogens is 440 g/mol. The number of ether oxygens (including phenoxy) is 2. The number of nitrogens with one attached hydrogen (secondary N) is 2. The van der Waals surface area contributed by atoms with Crippen LogP contribution in [0.4, 0.5) is 5.69 Å². The fraction of sp³-hybridized carbons (Fsp3) is 0.136. The van der Waals surface area contributed by atoms with E-state index in [0.29, 0.717) is 28.0 Å². The molecule has 7 nitrogen and oxygen atoms in total. The zero-order valence-corrected chi connectivity index (χ0v) is 18.4. The number of carbonyl (C=O) groups excluding carboxylic acids is 1. The Kier molecular flexibility index (Phi) is 7.17. The molecule has 0 aromatic heterocycles. The minimum Gasteiger partial charge on any atom is -0.493 e. The second-order valence-electron chi connectivity index (χ2n) is 6.56. The molecule has 3 rings (SSSR count). The van der Waals surface area contributed by atoms with Crippen LogP contribution in [0.1, 0.15) is 6.92 Å². The molecule has 1 atom stereocenters. The first-order valence-electron chi connectivity index (χ1n) is 9.28. The van der Waals surface area contributed by atoms with Crippen LogP contribution in [0.2, 0.25) is 5.02 Å². The van der Waals surface area contributed by atoms with Gasteiger partial charge in [-0.1, -0.05) is 23.7 Å². The van der Waals surface area contributed by atoms with Crippen LogP contribution >= 0.6 is 11.6 Å². The Labute approximate surface area is 186 Å². The van der Waals surface area contributed by atoms with E-state index >= 15 is 0 Å². The summed E-state index contributed by atoms with van der Waals surface area (Å²) in [5, 5.41) is 3.09. The summed E-state index contributed by atoms with van der Waals surface area (Å²) < 4.78 is 38.2. The van der Waals surface area contributed by atoms with Gasteiger partial charge in [-0.05, 0) is 67.6 Å². The van der Waals surface area contributed by atoms with E-state index in [0.717, 1.165) is 0 Å². The van der Waals surface area contributed by atoms with Crippen LogP contribution in [0.5, 0.6) is 17.2 Å². The second kappa shape index (κ2) is 9.82. The zero-order chi connectivity index (χ0) is 22.4. The summed E-state index contributed by atoms with van der Waals surface area (Å²) in [7, 11) is -2.30. The predicted molar refractivity (Wildman–Crippen MR) is 119 cm³/mol. The lowest BCUT2D eigenvalue weighted by Crippen LogP contribution is -2.41. The third-order valence-electron chi connectivity index (χ3n) is 4.27. The summed E-state index contributed by atoms with van der Waals surface area (Å²) in [4.78, 5) is 12.5. The largest absolute Gasteiger partial charge is 0.493 e. The van der Waals surface area contributed by atoms with E-state index in [1.807, 2.05) is 12.1 Å². The van der Waals surface area contributed by atoms with Crippen molar-refractivity contribution in [2.24, 2.45) is 0 Å². The molecule has 0 saturated heterocycles. The third kappa shape index (κ3) is 5.97. The number of halogens is 1. The lowest BCUT2D eigenvalue weighted by molar-refractivity contribution is -0.117. The lowest BCUT2D eigenvalue weighted by Gasteiger charge is -2.15. The number of para-hydroxylation sites is 2. The number of rotatable bonds is 8. The molecule has 3 aromatic rings. The normalized spacial score (nSPS) is 12.1. The Morgan fingerprint density at radius 3 is 2.16 bits per heavy atom. The Morgan fingerprint density at radius 1 is 0.935 bits per heavy atom. The summed E-state index contributed by atoms with van der Waals surface area (Å²) in [6.07, 6.45) is 0. The van der Waals surface area contributed by atoms with E-state index in [2.05, 4.69) is 10.0 Å². The van der Waals surface area contributed by atoms with E-state index in [1.165, 1.54) is 31.2 Å². The molecule has 0 fully saturated rings. The highest BCUT2D eigenvalue weighted by molar-refractivity contribution is 7.89. The molecule has 9 heteroatoms. The molecule has 2 N–H and O–H groups in total. The molecule has 0 aliphatic carbocycles. The van der Waals surface area contributed by atoms with Crippen LogP contribution < -0.4 is 19.5 Å². The number of hydrogen-bond donors (Lipinski definition) is 2. The number of anilines is 1. The van der Waals surface area contributed by atoms with Crippen molar-refractivity contribution in [2.75, 3.05) is 12.4 Å². The van der Waals surface area contributed by atoms with Crippen molar-refractivity contribution in [3.05, 3.63) is 77.8 Å². The molecule has 162 valence electrons. The van der Waals surface area contributed by atoms with Gasteiger partial charge in [0.25, 0.3) is 0 Å². The van der Waals surface area contributed by atoms with Gasteiger partial charge in [-0.25, -0.2) is 8.42 Å². The first-order chi connectivity index (χ1) is 14.8. The Hall–Kier alpha value is -3.07. The first-order valence-corrected chi connectivity index (χ1v) is 11.1. The van der Waals surface area contributed by atoms with Gasteiger partial charge in [0, 0.05) is 10.7 Å². The van der Waals surface area contributed by atoms with Crippen LogP contribution in [0.15, 0.2) is 77.7 Å². The van der Waals surface area contributed by atoms with Crippen molar-refractivity contribution in [1.82, 2.24) is 4.72 Å². The molecule has 0 heterocycles. The van der Waals surface area contributed by atoms with Crippen LogP contribution in [-0.4, -0.2) is 27.5 Å². The lowest BCUT2D eigenvalue weighted by atomic mass is 10.2. The van der Waals surface area contributed by atoms with Gasteiger partial charge in [0.1, 0.15) is 5.75 Å². The summed E-state index contributed by atoms with van der Waals surface area (Å²) in [6.45, 7) is 1.46. The highest BCUT2D eigenvalue weighted by Gasteiger charge is 2.22. The van der Waals surface area contributed by atoms with E-state index in [9.17, 15) is 13.2 Å². The van der Waals surface area contributed by atoms with Gasteiger partial charge in [-0.15, -0.1) is 0 Å². The fourth-order valence-corrected chi connectivity index (χ4v) is 3.98. The quantitative estimate of drug-likeness (QED) is 0.518. The van der Waals surface area contributed by atoms with Crippen LogP contribution in [-0.2, 0) is 14.8 Å². The average Bonchev–Trinajstić information content (AvgIpc) is 2.75. The molecular formula is C22H21ClN2O5S. The maximum absolute atomic E-state index is 12.4. The molecule has 31 heavy (non-hydrogen) atoms. The molecule has 1 amide bonds. The topological polar surface area (TPSA) is 93.7 Å². The van der Waals surface area contributed by atoms with Crippen molar-refractivity contribution < 1.29 is 22.7 Å². The van der Waals surface area contributed by atoms with Crippen LogP contribution in [0.25, 0.3) is 0 Å². The van der Waals surface area contributed by atoms with Crippen molar-refractivity contribution in [2.45, 2.75) is 17.9 Å². The maximum atomic E-state index is 12.4. The summed E-state index contributed by atoms with van der Waals surface area (Å²) in [6, 6.07) is 18.6. The molecule has 0 spiro atoms. The van der Waals surface area contributed by atoms with Gasteiger partial charge < -0.3 is 14.8 Å². The Balaban J connectivity index is 1.61. The number of hydrogen-bond acceptors (Lipinski definition) is 5. The number of sulfonamides is 1. The summed E-state index contributed by atoms with van der Waals surface area (Å²) >= 11 is 5.79. The molecule has 3 aromatic carbocycles. The van der Waals surface area contributed by atoms with Gasteiger partial charge in [0.05, 0.1) is 18.0 Å². The standard InChI is InChI=1S/C22H21ClN2O5S/c1-15(25-31(27,28)19-13-7-16(23)8-14-19)22(26)24-17-9-11-18(12-10-17)30-21-6-4-3-5-20(21)29-2/h3-15,25H,1-2H3,(H,24,26)/t15-/m1/s1. The minimum absolute atomic E-state index is 0.0226. The van der Waals surface area contributed by atoms with Gasteiger partial charge in [-0.3, -0.25) is 4.79 Å². The smallest absolute Gasteiger partial charge is 0.242 e. The van der Waals surface area contributed by atoms with Crippen molar-refractivity contribution >= 4 is 33.2 Å². The van der Waals surface area contributed by atoms with E-state index in [4.69, 9.17) is 21.1 Å². The monoisotopic (exact) mass is 460 g/mol. The van der Waals surface area contributed by atoms with Crippen molar-refractivity contribution in [1.29, 1.82) is 0 Å². The van der Waals surface area contributed by atoms with Gasteiger partial charge in [-0.2, -0.15) is 4.72 Å². The number of amides is 1. The second-order valence-corrected chi connectivity index (χ2v) is 8.71. The summed E-state index contributed by atoms with van der Waals surface area (Å²) in [5.74, 6) is 1.21. The number of benzene rings is 3. The first kappa shape index (κ1) is 22.6. The molecule has 0 bridgehead atoms. The number of methoxy groups -OCH3 is 1. The predicted octanol–water partition coefficient (Wildman–Crippen LogP) is 4.45.